The van der Waals surface area contributed by atoms with Gasteiger partial charge >= 0.3 is 5.97 Å². The number of amides is 1. The highest BCUT2D eigenvalue weighted by Crippen LogP contribution is 2.46. The van der Waals surface area contributed by atoms with Gasteiger partial charge in [0, 0.05) is 11.3 Å². The number of carboxylic acids is 1. The number of carboxylic acid groups (broad SMARTS) is 1. The number of nitrogens with zero attached hydrogens (tertiary/aromatic N) is 1. The molecule has 2 heterocycles. The summed E-state index contributed by atoms with van der Waals surface area (Å²) in [5.41, 5.74) is 0.0967. The summed E-state index contributed by atoms with van der Waals surface area (Å²) in [6.45, 7) is 1.57. The Balaban J connectivity index is 2.29. The van der Waals surface area contributed by atoms with Crippen LogP contribution in [0.4, 0.5) is 0 Å². The zero-order chi connectivity index (χ0) is 12.0. The molecule has 0 bridgehead atoms. The molecule has 1 fully saturated rings. The van der Waals surface area contributed by atoms with Crippen LogP contribution < -0.4 is 0 Å². The van der Waals surface area contributed by atoms with Gasteiger partial charge in [-0.25, -0.2) is 4.79 Å². The summed E-state index contributed by atoms with van der Waals surface area (Å²) in [6.07, 6.45) is 1.63. The standard InChI is InChI=1S/C10H13NO4S/c1-4(12)7-5-3-6(16-2)8(10(14)15)11(5)9(7)13/h4-5,7,12H,3H2,1-2H3,(H,14,15)/t4-,5+,7+/m0/s1. The van der Waals surface area contributed by atoms with E-state index in [9.17, 15) is 14.7 Å². The Hall–Kier alpha value is -1.01. The number of β-lactam (4-membered cyclic amide) rings is 1. The van der Waals surface area contributed by atoms with E-state index < -0.39 is 18.0 Å². The molecule has 16 heavy (non-hydrogen) atoms. The minimum Gasteiger partial charge on any atom is -0.477 e. The Labute approximate surface area is 97.1 Å². The third kappa shape index (κ3) is 1.36. The van der Waals surface area contributed by atoms with E-state index in [0.717, 1.165) is 0 Å². The summed E-state index contributed by atoms with van der Waals surface area (Å²) in [5, 5.41) is 18.5. The Morgan fingerprint density at radius 3 is 2.69 bits per heavy atom. The Morgan fingerprint density at radius 1 is 1.62 bits per heavy atom. The predicted octanol–water partition coefficient (Wildman–Crippen LogP) is 0.257. The van der Waals surface area contributed by atoms with E-state index in [2.05, 4.69) is 0 Å². The maximum atomic E-state index is 11.7. The van der Waals surface area contributed by atoms with Crippen molar-refractivity contribution in [2.24, 2.45) is 5.92 Å². The molecule has 0 radical (unpaired) electrons. The molecule has 0 aromatic heterocycles. The monoisotopic (exact) mass is 243 g/mol. The number of rotatable bonds is 3. The third-order valence-electron chi connectivity index (χ3n) is 3.14. The van der Waals surface area contributed by atoms with Crippen LogP contribution in [0.15, 0.2) is 10.6 Å². The molecule has 2 N–H and O–H groups in total. The lowest BCUT2D eigenvalue weighted by atomic mass is 9.83. The van der Waals surface area contributed by atoms with E-state index in [1.807, 2.05) is 0 Å². The summed E-state index contributed by atoms with van der Waals surface area (Å²) in [6, 6.07) is -0.166. The Bertz CT molecular complexity index is 390. The van der Waals surface area contributed by atoms with E-state index >= 15 is 0 Å². The second kappa shape index (κ2) is 3.78. The van der Waals surface area contributed by atoms with Gasteiger partial charge < -0.3 is 15.1 Å². The lowest BCUT2D eigenvalue weighted by Crippen LogP contribution is -2.61. The third-order valence-corrected chi connectivity index (χ3v) is 3.99. The maximum Gasteiger partial charge on any atom is 0.353 e. The van der Waals surface area contributed by atoms with Crippen LogP contribution in [0.5, 0.6) is 0 Å². The van der Waals surface area contributed by atoms with Crippen LogP contribution in [0.2, 0.25) is 0 Å². The zero-order valence-corrected chi connectivity index (χ0v) is 9.82. The molecule has 0 aromatic rings. The smallest absolute Gasteiger partial charge is 0.353 e. The van der Waals surface area contributed by atoms with Gasteiger partial charge in [0.2, 0.25) is 5.91 Å². The molecule has 0 saturated carbocycles. The quantitative estimate of drug-likeness (QED) is 0.695. The summed E-state index contributed by atoms with van der Waals surface area (Å²) in [5.74, 6) is -1.79. The largest absolute Gasteiger partial charge is 0.477 e. The highest BCUT2D eigenvalue weighted by molar-refractivity contribution is 8.02. The molecular weight excluding hydrogens is 230 g/mol. The first-order valence-electron chi connectivity index (χ1n) is 5.00. The summed E-state index contributed by atoms with van der Waals surface area (Å²) >= 11 is 1.36. The molecule has 2 aliphatic rings. The van der Waals surface area contributed by atoms with Crippen molar-refractivity contribution >= 4 is 23.6 Å². The van der Waals surface area contributed by atoms with E-state index in [4.69, 9.17) is 5.11 Å². The molecule has 2 aliphatic heterocycles. The van der Waals surface area contributed by atoms with Crippen molar-refractivity contribution in [2.45, 2.75) is 25.5 Å². The number of hydrogen-bond acceptors (Lipinski definition) is 4. The van der Waals surface area contributed by atoms with Gasteiger partial charge in [0.15, 0.2) is 0 Å². The second-order valence-corrected chi connectivity index (χ2v) is 4.93. The fraction of sp³-hybridized carbons (Fsp3) is 0.600. The topological polar surface area (TPSA) is 77.8 Å². The molecule has 0 spiro atoms. The molecule has 6 heteroatoms. The van der Waals surface area contributed by atoms with Crippen molar-refractivity contribution in [2.75, 3.05) is 6.26 Å². The fourth-order valence-electron chi connectivity index (χ4n) is 2.41. The number of carbonyl (C=O) groups excluding carboxylic acids is 1. The van der Waals surface area contributed by atoms with E-state index in [1.54, 1.807) is 13.2 Å². The van der Waals surface area contributed by atoms with Crippen LogP contribution in [0.25, 0.3) is 0 Å². The molecular formula is C10H13NO4S. The number of carbonyl (C=O) groups is 2. The van der Waals surface area contributed by atoms with Gasteiger partial charge in [0.1, 0.15) is 5.70 Å². The van der Waals surface area contributed by atoms with Gasteiger partial charge in [0.25, 0.3) is 0 Å². The van der Waals surface area contributed by atoms with Crippen molar-refractivity contribution in [3.63, 3.8) is 0 Å². The number of aliphatic carboxylic acids is 1. The van der Waals surface area contributed by atoms with E-state index in [1.165, 1.54) is 16.7 Å². The van der Waals surface area contributed by atoms with Gasteiger partial charge in [0.05, 0.1) is 18.1 Å². The van der Waals surface area contributed by atoms with Crippen LogP contribution >= 0.6 is 11.8 Å². The lowest BCUT2D eigenvalue weighted by molar-refractivity contribution is -0.161. The van der Waals surface area contributed by atoms with Gasteiger partial charge in [-0.1, -0.05) is 0 Å². The van der Waals surface area contributed by atoms with Crippen LogP contribution in [0, 0.1) is 5.92 Å². The number of aliphatic hydroxyl groups is 1. The van der Waals surface area contributed by atoms with Gasteiger partial charge in [-0.15, -0.1) is 11.8 Å². The molecule has 2 rings (SSSR count). The molecule has 3 atom stereocenters. The molecule has 0 aromatic carbocycles. The SMILES string of the molecule is CSC1=C(C(=O)O)N2C(=O)[C@H]([C@H](C)O)[C@H]2C1. The maximum absolute atomic E-state index is 11.7. The molecule has 0 unspecified atom stereocenters. The molecule has 1 saturated heterocycles. The highest BCUT2D eigenvalue weighted by Gasteiger charge is 2.56. The fourth-order valence-corrected chi connectivity index (χ4v) is 3.13. The van der Waals surface area contributed by atoms with Crippen molar-refractivity contribution in [1.29, 1.82) is 0 Å². The highest BCUT2D eigenvalue weighted by atomic mass is 32.2. The normalized spacial score (nSPS) is 30.2. The minimum absolute atomic E-state index is 0.0967. The molecule has 5 nitrogen and oxygen atoms in total. The molecule has 88 valence electrons. The van der Waals surface area contributed by atoms with Crippen molar-refractivity contribution in [3.8, 4) is 0 Å². The van der Waals surface area contributed by atoms with Crippen molar-refractivity contribution in [1.82, 2.24) is 4.90 Å². The molecule has 1 amide bonds. The number of hydrogen-bond donors (Lipinski definition) is 2. The first-order valence-corrected chi connectivity index (χ1v) is 6.23. The first kappa shape index (κ1) is 11.5. The Morgan fingerprint density at radius 2 is 2.25 bits per heavy atom. The second-order valence-electron chi connectivity index (χ2n) is 4.03. The molecule has 0 aliphatic carbocycles. The van der Waals surface area contributed by atoms with Crippen LogP contribution in [0.3, 0.4) is 0 Å². The van der Waals surface area contributed by atoms with Crippen LogP contribution in [-0.4, -0.2) is 45.4 Å². The first-order chi connectivity index (χ1) is 7.49. The number of fused-ring (bicyclic) bond motifs is 1. The van der Waals surface area contributed by atoms with Crippen molar-refractivity contribution in [3.05, 3.63) is 10.6 Å². The summed E-state index contributed by atoms with van der Waals surface area (Å²) < 4.78 is 0. The van der Waals surface area contributed by atoms with Crippen molar-refractivity contribution < 1.29 is 19.8 Å². The summed E-state index contributed by atoms with van der Waals surface area (Å²) in [4.78, 5) is 24.8. The number of thioether (sulfide) groups is 1. The van der Waals surface area contributed by atoms with Crippen LogP contribution in [-0.2, 0) is 9.59 Å². The number of aliphatic hydroxyl groups excluding tert-OH is 1. The van der Waals surface area contributed by atoms with Gasteiger partial charge in [-0.3, -0.25) is 4.79 Å². The van der Waals surface area contributed by atoms with E-state index in [0.29, 0.717) is 11.3 Å². The average Bonchev–Trinajstić information content (AvgIpc) is 2.51. The minimum atomic E-state index is -1.07. The Kier molecular flexibility index (Phi) is 2.71. The summed E-state index contributed by atoms with van der Waals surface area (Å²) in [7, 11) is 0. The van der Waals surface area contributed by atoms with E-state index in [-0.39, 0.29) is 17.6 Å². The van der Waals surface area contributed by atoms with Gasteiger partial charge in [-0.2, -0.15) is 0 Å². The zero-order valence-electron chi connectivity index (χ0n) is 9.01. The average molecular weight is 243 g/mol. The lowest BCUT2D eigenvalue weighted by Gasteiger charge is -2.44. The van der Waals surface area contributed by atoms with Crippen LogP contribution in [0.1, 0.15) is 13.3 Å². The van der Waals surface area contributed by atoms with Gasteiger partial charge in [-0.05, 0) is 13.2 Å². The predicted molar refractivity (Wildman–Crippen MR) is 58.6 cm³/mol.